The predicted octanol–water partition coefficient (Wildman–Crippen LogP) is 7.00. The van der Waals surface area contributed by atoms with Crippen LogP contribution in [0.3, 0.4) is 0 Å². The molecule has 0 saturated heterocycles. The van der Waals surface area contributed by atoms with Gasteiger partial charge in [-0.2, -0.15) is 0 Å². The zero-order valence-electron chi connectivity index (χ0n) is 25.4. The zero-order valence-corrected chi connectivity index (χ0v) is 27.0. The standard InChI is InChI=1S/C32H26N8O6S2/c1-17-11-19(3-7-23(17)33-29(41)15-47-31-35-25-9-5-21(39(43)44)13-27(25)37-31)20-4-8-24(18(2)12-20)34-30(42)16-48-32-36-26-10-6-22(40(45)46)14-28(26)38-32/h3-14H,15-16H2,1-2H3,(H,33,41)(H,34,42)(H,35,37)(H,36,38). The number of nitro groups is 2. The average molecular weight is 683 g/mol. The van der Waals surface area contributed by atoms with Gasteiger partial charge in [0.05, 0.1) is 43.4 Å². The van der Waals surface area contributed by atoms with E-state index in [2.05, 4.69) is 30.6 Å². The van der Waals surface area contributed by atoms with Gasteiger partial charge in [0.25, 0.3) is 11.4 Å². The maximum Gasteiger partial charge on any atom is 0.271 e. The number of amides is 2. The van der Waals surface area contributed by atoms with Crippen molar-refractivity contribution in [1.29, 1.82) is 0 Å². The fourth-order valence-electron chi connectivity index (χ4n) is 4.92. The lowest BCUT2D eigenvalue weighted by Crippen LogP contribution is -2.15. The molecule has 242 valence electrons. The minimum Gasteiger partial charge on any atom is -0.333 e. The van der Waals surface area contributed by atoms with E-state index in [4.69, 9.17) is 0 Å². The highest BCUT2D eigenvalue weighted by Gasteiger charge is 2.14. The third-order valence-electron chi connectivity index (χ3n) is 7.32. The first-order valence-electron chi connectivity index (χ1n) is 14.4. The molecule has 2 heterocycles. The van der Waals surface area contributed by atoms with Gasteiger partial charge in [-0.05, 0) is 72.5 Å². The topological polar surface area (TPSA) is 202 Å². The largest absolute Gasteiger partial charge is 0.333 e. The van der Waals surface area contributed by atoms with Crippen LogP contribution < -0.4 is 10.6 Å². The number of fused-ring (bicyclic) bond motifs is 2. The summed E-state index contributed by atoms with van der Waals surface area (Å²) >= 11 is 2.40. The molecule has 6 aromatic rings. The number of imidazole rings is 2. The van der Waals surface area contributed by atoms with E-state index in [1.54, 1.807) is 12.1 Å². The molecular formula is C32H26N8O6S2. The number of benzene rings is 4. The summed E-state index contributed by atoms with van der Waals surface area (Å²) in [6, 6.07) is 20.2. The number of thioether (sulfide) groups is 2. The summed E-state index contributed by atoms with van der Waals surface area (Å²) in [5.74, 6) is -0.255. The first-order valence-corrected chi connectivity index (χ1v) is 16.3. The van der Waals surface area contributed by atoms with Crippen LogP contribution >= 0.6 is 23.5 Å². The molecule has 0 radical (unpaired) electrons. The Morgan fingerprint density at radius 2 is 1.08 bits per heavy atom. The Hall–Kier alpha value is -5.74. The summed E-state index contributed by atoms with van der Waals surface area (Å²) in [6.45, 7) is 3.81. The number of aryl methyl sites for hydroxylation is 2. The van der Waals surface area contributed by atoms with Crippen molar-refractivity contribution < 1.29 is 19.4 Å². The summed E-state index contributed by atoms with van der Waals surface area (Å²) in [5.41, 5.74) is 7.11. The Kier molecular flexibility index (Phi) is 9.09. The lowest BCUT2D eigenvalue weighted by molar-refractivity contribution is -0.384. The monoisotopic (exact) mass is 682 g/mol. The zero-order chi connectivity index (χ0) is 33.9. The highest BCUT2D eigenvalue weighted by molar-refractivity contribution is 8.00. The van der Waals surface area contributed by atoms with Crippen LogP contribution in [0.4, 0.5) is 22.7 Å². The molecule has 14 nitrogen and oxygen atoms in total. The Morgan fingerprint density at radius 3 is 1.46 bits per heavy atom. The van der Waals surface area contributed by atoms with E-state index in [1.807, 2.05) is 50.2 Å². The molecule has 0 saturated carbocycles. The quantitative estimate of drug-likeness (QED) is 0.0626. The van der Waals surface area contributed by atoms with Crippen LogP contribution in [0.1, 0.15) is 11.1 Å². The highest BCUT2D eigenvalue weighted by atomic mass is 32.2. The van der Waals surface area contributed by atoms with Crippen molar-refractivity contribution in [2.45, 2.75) is 24.2 Å². The number of nitrogens with one attached hydrogen (secondary N) is 4. The number of anilines is 2. The second kappa shape index (κ2) is 13.5. The normalized spacial score (nSPS) is 11.1. The molecule has 4 aromatic carbocycles. The molecule has 4 N–H and O–H groups in total. The maximum absolute atomic E-state index is 12.7. The van der Waals surface area contributed by atoms with Gasteiger partial charge in [-0.1, -0.05) is 35.7 Å². The van der Waals surface area contributed by atoms with Crippen molar-refractivity contribution in [3.8, 4) is 11.1 Å². The van der Waals surface area contributed by atoms with E-state index in [0.29, 0.717) is 43.8 Å². The number of carbonyl (C=O) groups is 2. The number of nitrogens with zero attached hydrogens (tertiary/aromatic N) is 4. The molecular weight excluding hydrogens is 657 g/mol. The number of nitro benzene ring substituents is 2. The molecule has 0 atom stereocenters. The minimum absolute atomic E-state index is 0.0390. The Bertz CT molecular complexity index is 2090. The highest BCUT2D eigenvalue weighted by Crippen LogP contribution is 2.30. The Balaban J connectivity index is 1.03. The summed E-state index contributed by atoms with van der Waals surface area (Å²) in [4.78, 5) is 61.3. The van der Waals surface area contributed by atoms with Gasteiger partial charge in [-0.15, -0.1) is 0 Å². The fraction of sp³-hybridized carbons (Fsp3) is 0.125. The van der Waals surface area contributed by atoms with E-state index >= 15 is 0 Å². The van der Waals surface area contributed by atoms with Crippen LogP contribution in [0.5, 0.6) is 0 Å². The van der Waals surface area contributed by atoms with E-state index in [-0.39, 0.29) is 34.7 Å². The van der Waals surface area contributed by atoms with Crippen molar-refractivity contribution in [3.05, 3.63) is 104 Å². The fourth-order valence-corrected chi connectivity index (χ4v) is 6.29. The number of H-pyrrole nitrogens is 2. The van der Waals surface area contributed by atoms with Gasteiger partial charge in [0, 0.05) is 35.6 Å². The third-order valence-corrected chi connectivity index (χ3v) is 9.07. The summed E-state index contributed by atoms with van der Waals surface area (Å²) < 4.78 is 0. The number of non-ortho nitro benzene ring substituents is 2. The number of aromatic nitrogens is 4. The number of rotatable bonds is 11. The molecule has 2 amide bonds. The number of hydrogen-bond donors (Lipinski definition) is 4. The van der Waals surface area contributed by atoms with Crippen LogP contribution in [0, 0.1) is 34.1 Å². The lowest BCUT2D eigenvalue weighted by Gasteiger charge is -2.13. The van der Waals surface area contributed by atoms with Crippen molar-refractivity contribution in [2.75, 3.05) is 22.1 Å². The first-order chi connectivity index (χ1) is 23.0. The van der Waals surface area contributed by atoms with Crippen LogP contribution in [-0.2, 0) is 9.59 Å². The second-order valence-electron chi connectivity index (χ2n) is 10.7. The van der Waals surface area contributed by atoms with Crippen LogP contribution in [-0.4, -0.2) is 53.1 Å². The van der Waals surface area contributed by atoms with Gasteiger partial charge in [0.15, 0.2) is 10.3 Å². The van der Waals surface area contributed by atoms with Crippen molar-refractivity contribution in [3.63, 3.8) is 0 Å². The van der Waals surface area contributed by atoms with Crippen LogP contribution in [0.2, 0.25) is 0 Å². The van der Waals surface area contributed by atoms with Gasteiger partial charge in [-0.3, -0.25) is 29.8 Å². The smallest absolute Gasteiger partial charge is 0.271 e. The molecule has 0 aliphatic heterocycles. The molecule has 0 bridgehead atoms. The molecule has 0 unspecified atom stereocenters. The first kappa shape index (κ1) is 32.2. The second-order valence-corrected chi connectivity index (χ2v) is 12.7. The van der Waals surface area contributed by atoms with Crippen LogP contribution in [0.25, 0.3) is 33.2 Å². The van der Waals surface area contributed by atoms with E-state index in [1.165, 1.54) is 47.8 Å². The molecule has 6 rings (SSSR count). The summed E-state index contributed by atoms with van der Waals surface area (Å²) in [5, 5.41) is 28.9. The molecule has 0 fully saturated rings. The van der Waals surface area contributed by atoms with Crippen LogP contribution in [0.15, 0.2) is 83.1 Å². The molecule has 16 heteroatoms. The average Bonchev–Trinajstić information content (AvgIpc) is 3.67. The van der Waals surface area contributed by atoms with Gasteiger partial charge in [0.1, 0.15) is 0 Å². The van der Waals surface area contributed by atoms with Gasteiger partial charge in [-0.25, -0.2) is 9.97 Å². The third kappa shape index (κ3) is 7.29. The maximum atomic E-state index is 12.7. The van der Waals surface area contributed by atoms with Crippen molar-refractivity contribution >= 4 is 80.2 Å². The molecule has 48 heavy (non-hydrogen) atoms. The van der Waals surface area contributed by atoms with E-state index in [9.17, 15) is 29.8 Å². The van der Waals surface area contributed by atoms with Gasteiger partial charge >= 0.3 is 0 Å². The lowest BCUT2D eigenvalue weighted by atomic mass is 10.00. The van der Waals surface area contributed by atoms with Gasteiger partial charge in [0.2, 0.25) is 11.8 Å². The molecule has 0 spiro atoms. The Labute approximate surface area is 280 Å². The molecule has 0 aliphatic carbocycles. The Morgan fingerprint density at radius 1 is 0.667 bits per heavy atom. The van der Waals surface area contributed by atoms with Crippen molar-refractivity contribution in [1.82, 2.24) is 19.9 Å². The van der Waals surface area contributed by atoms with Crippen molar-refractivity contribution in [2.24, 2.45) is 0 Å². The summed E-state index contributed by atoms with van der Waals surface area (Å²) in [6.07, 6.45) is 0. The molecule has 2 aromatic heterocycles. The number of carbonyl (C=O) groups excluding carboxylic acids is 2. The predicted molar refractivity (Wildman–Crippen MR) is 186 cm³/mol. The summed E-state index contributed by atoms with van der Waals surface area (Å²) in [7, 11) is 0. The van der Waals surface area contributed by atoms with E-state index < -0.39 is 9.85 Å². The van der Waals surface area contributed by atoms with Gasteiger partial charge < -0.3 is 20.6 Å². The molecule has 0 aliphatic rings. The van der Waals surface area contributed by atoms with E-state index in [0.717, 1.165) is 22.3 Å². The SMILES string of the molecule is Cc1cc(-c2ccc(NC(=O)CSc3nc4ccc([N+](=O)[O-])cc4[nH]3)c(C)c2)ccc1NC(=O)CSc1nc2ccc([N+](=O)[O-])cc2[nH]1. The minimum atomic E-state index is -0.473. The number of hydrogen-bond acceptors (Lipinski definition) is 10. The number of aromatic amines is 2.